The van der Waals surface area contributed by atoms with Crippen LogP contribution < -0.4 is 14.8 Å². The minimum atomic E-state index is -0.626. The Bertz CT molecular complexity index is 1230. The number of ether oxygens (including phenoxy) is 2. The van der Waals surface area contributed by atoms with E-state index in [-0.39, 0.29) is 17.7 Å². The van der Waals surface area contributed by atoms with Crippen molar-refractivity contribution in [1.29, 1.82) is 0 Å². The fourth-order valence-corrected chi connectivity index (χ4v) is 3.86. The van der Waals surface area contributed by atoms with Crippen LogP contribution in [0.2, 0.25) is 0 Å². The highest BCUT2D eigenvalue weighted by Gasteiger charge is 2.35. The van der Waals surface area contributed by atoms with Crippen molar-refractivity contribution >= 4 is 11.6 Å². The summed E-state index contributed by atoms with van der Waals surface area (Å²) in [5.74, 6) is 1.71. The summed E-state index contributed by atoms with van der Waals surface area (Å²) in [6.07, 6.45) is 1.64. The second-order valence-electron chi connectivity index (χ2n) is 7.59. The van der Waals surface area contributed by atoms with E-state index < -0.39 is 6.04 Å². The normalized spacial score (nSPS) is 15.8. The van der Waals surface area contributed by atoms with Crippen molar-refractivity contribution < 1.29 is 23.9 Å². The van der Waals surface area contributed by atoms with Gasteiger partial charge in [-0.15, -0.1) is 6.58 Å². The predicted molar refractivity (Wildman–Crippen MR) is 126 cm³/mol. The lowest BCUT2D eigenvalue weighted by Gasteiger charge is -2.34. The van der Waals surface area contributed by atoms with E-state index in [1.54, 1.807) is 29.2 Å². The largest absolute Gasteiger partial charge is 0.504 e. The number of nitrogens with one attached hydrogen (secondary N) is 1. The van der Waals surface area contributed by atoms with Gasteiger partial charge in [-0.1, -0.05) is 17.3 Å². The van der Waals surface area contributed by atoms with Crippen LogP contribution in [0.3, 0.4) is 0 Å². The van der Waals surface area contributed by atoms with Crippen molar-refractivity contribution in [3.63, 3.8) is 0 Å². The third-order valence-corrected chi connectivity index (χ3v) is 5.52. The van der Waals surface area contributed by atoms with Gasteiger partial charge in [-0.3, -0.25) is 4.90 Å². The molecule has 0 saturated heterocycles. The van der Waals surface area contributed by atoms with Crippen LogP contribution in [0.4, 0.5) is 4.79 Å². The number of hydrogen-bond acceptors (Lipinski definition) is 7. The quantitative estimate of drug-likeness (QED) is 0.473. The first-order chi connectivity index (χ1) is 16.5. The summed E-state index contributed by atoms with van der Waals surface area (Å²) in [6.45, 7) is 8.36. The Kier molecular flexibility index (Phi) is 6.53. The molecule has 3 aromatic rings. The summed E-state index contributed by atoms with van der Waals surface area (Å²) in [4.78, 5) is 19.0. The molecule has 4 rings (SSSR count). The molecule has 2 amide bonds. The first-order valence-corrected chi connectivity index (χ1v) is 10.8. The summed E-state index contributed by atoms with van der Waals surface area (Å²) in [6, 6.07) is 11.4. The zero-order chi connectivity index (χ0) is 24.2. The number of phenolic OH excluding ortho intramolecular Hbond substituents is 1. The lowest BCUT2D eigenvalue weighted by molar-refractivity contribution is 0.209. The fourth-order valence-electron chi connectivity index (χ4n) is 3.86. The van der Waals surface area contributed by atoms with Gasteiger partial charge in [0, 0.05) is 17.8 Å². The molecule has 0 saturated carbocycles. The van der Waals surface area contributed by atoms with Gasteiger partial charge in [0.2, 0.25) is 5.82 Å². The molecule has 9 nitrogen and oxygen atoms in total. The van der Waals surface area contributed by atoms with Crippen LogP contribution in [0, 0.1) is 0 Å². The number of carbonyl (C=O) groups excluding carboxylic acids is 1. The zero-order valence-electron chi connectivity index (χ0n) is 19.2. The molecule has 0 aliphatic carbocycles. The molecule has 0 fully saturated rings. The Morgan fingerprint density at radius 1 is 1.26 bits per heavy atom. The highest BCUT2D eigenvalue weighted by Crippen LogP contribution is 2.39. The molecule has 1 unspecified atom stereocenters. The standard InChI is InChI=1S/C25H26N4O5/c1-5-13-29-15(3)21(22(26-25(29)31)17-9-12-20(32-4)19(30)14-17)24-27-23(28-34-24)16-7-10-18(11-8-16)33-6-2/h5,7-12,14,22,30H,1,6,13H2,2-4H3,(H,26,31). The molecular formula is C25H26N4O5. The van der Waals surface area contributed by atoms with Gasteiger partial charge in [0.15, 0.2) is 11.5 Å². The minimum absolute atomic E-state index is 0.0413. The van der Waals surface area contributed by atoms with E-state index in [1.165, 1.54) is 7.11 Å². The highest BCUT2D eigenvalue weighted by molar-refractivity contribution is 5.87. The molecule has 176 valence electrons. The van der Waals surface area contributed by atoms with Crippen LogP contribution in [-0.4, -0.2) is 46.4 Å². The third kappa shape index (κ3) is 4.32. The Hall–Kier alpha value is -4.27. The van der Waals surface area contributed by atoms with E-state index >= 15 is 0 Å². The molecule has 9 heteroatoms. The molecule has 2 N–H and O–H groups in total. The van der Waals surface area contributed by atoms with Crippen molar-refractivity contribution in [2.75, 3.05) is 20.3 Å². The molecule has 34 heavy (non-hydrogen) atoms. The number of aromatic nitrogens is 2. The van der Waals surface area contributed by atoms with E-state index in [0.29, 0.717) is 41.6 Å². The van der Waals surface area contributed by atoms with Crippen molar-refractivity contribution in [3.05, 3.63) is 72.3 Å². The number of carbonyl (C=O) groups is 1. The van der Waals surface area contributed by atoms with E-state index in [0.717, 1.165) is 11.3 Å². The summed E-state index contributed by atoms with van der Waals surface area (Å²) in [7, 11) is 1.47. The second kappa shape index (κ2) is 9.70. The average Bonchev–Trinajstić information content (AvgIpc) is 3.31. The number of aromatic hydroxyl groups is 1. The predicted octanol–water partition coefficient (Wildman–Crippen LogP) is 4.53. The molecule has 0 bridgehead atoms. The van der Waals surface area contributed by atoms with Gasteiger partial charge >= 0.3 is 6.03 Å². The highest BCUT2D eigenvalue weighted by atomic mass is 16.5. The number of phenols is 1. The van der Waals surface area contributed by atoms with E-state index in [4.69, 9.17) is 14.0 Å². The number of allylic oxidation sites excluding steroid dienone is 1. The van der Waals surface area contributed by atoms with Crippen LogP contribution in [0.5, 0.6) is 17.2 Å². The van der Waals surface area contributed by atoms with Gasteiger partial charge in [-0.2, -0.15) is 4.98 Å². The molecular weight excluding hydrogens is 436 g/mol. The Morgan fingerprint density at radius 2 is 2.03 bits per heavy atom. The molecule has 0 radical (unpaired) electrons. The fraction of sp³-hybridized carbons (Fsp3) is 0.240. The van der Waals surface area contributed by atoms with Gasteiger partial charge in [0.1, 0.15) is 5.75 Å². The number of nitrogens with zero attached hydrogens (tertiary/aromatic N) is 3. The van der Waals surface area contributed by atoms with Gasteiger partial charge in [0.05, 0.1) is 25.3 Å². The average molecular weight is 463 g/mol. The van der Waals surface area contributed by atoms with Gasteiger partial charge < -0.3 is 24.4 Å². The summed E-state index contributed by atoms with van der Waals surface area (Å²) in [5, 5.41) is 17.4. The Morgan fingerprint density at radius 3 is 2.68 bits per heavy atom. The lowest BCUT2D eigenvalue weighted by atomic mass is 9.94. The second-order valence-corrected chi connectivity index (χ2v) is 7.59. The SMILES string of the molecule is C=CCN1C(=O)NC(c2ccc(OC)c(O)c2)C(c2nc(-c3ccc(OCC)cc3)no2)=C1C. The summed E-state index contributed by atoms with van der Waals surface area (Å²) >= 11 is 0. The third-order valence-electron chi connectivity index (χ3n) is 5.52. The van der Waals surface area contributed by atoms with Crippen molar-refractivity contribution in [2.45, 2.75) is 19.9 Å². The molecule has 1 atom stereocenters. The van der Waals surface area contributed by atoms with E-state index in [9.17, 15) is 9.90 Å². The van der Waals surface area contributed by atoms with Gasteiger partial charge in [-0.25, -0.2) is 4.79 Å². The number of hydrogen-bond donors (Lipinski definition) is 2. The van der Waals surface area contributed by atoms with Crippen LogP contribution >= 0.6 is 0 Å². The zero-order valence-corrected chi connectivity index (χ0v) is 19.2. The topological polar surface area (TPSA) is 110 Å². The van der Waals surface area contributed by atoms with Crippen molar-refractivity contribution in [3.8, 4) is 28.6 Å². The van der Waals surface area contributed by atoms with Crippen LogP contribution in [0.15, 0.2) is 65.3 Å². The molecule has 0 spiro atoms. The number of urea groups is 1. The van der Waals surface area contributed by atoms with Crippen molar-refractivity contribution in [2.24, 2.45) is 0 Å². The number of methoxy groups -OCH3 is 1. The molecule has 1 aromatic heterocycles. The summed E-state index contributed by atoms with van der Waals surface area (Å²) < 4.78 is 16.3. The number of benzene rings is 2. The molecule has 1 aliphatic heterocycles. The molecule has 2 heterocycles. The smallest absolute Gasteiger partial charge is 0.322 e. The van der Waals surface area contributed by atoms with Gasteiger partial charge in [-0.05, 0) is 55.8 Å². The van der Waals surface area contributed by atoms with Gasteiger partial charge in [0.25, 0.3) is 5.89 Å². The van der Waals surface area contributed by atoms with E-state index in [2.05, 4.69) is 22.0 Å². The van der Waals surface area contributed by atoms with Crippen molar-refractivity contribution in [1.82, 2.24) is 20.4 Å². The lowest BCUT2D eigenvalue weighted by Crippen LogP contribution is -2.46. The first kappa shape index (κ1) is 22.9. The maximum absolute atomic E-state index is 12.8. The molecule has 2 aromatic carbocycles. The maximum Gasteiger partial charge on any atom is 0.322 e. The van der Waals surface area contributed by atoms with Crippen LogP contribution in [0.1, 0.15) is 31.3 Å². The number of rotatable bonds is 8. The molecule has 1 aliphatic rings. The maximum atomic E-state index is 12.8. The van der Waals surface area contributed by atoms with Crippen LogP contribution in [-0.2, 0) is 0 Å². The van der Waals surface area contributed by atoms with E-state index in [1.807, 2.05) is 38.1 Å². The monoisotopic (exact) mass is 462 g/mol. The minimum Gasteiger partial charge on any atom is -0.504 e. The Labute approximate surface area is 197 Å². The number of amides is 2. The van der Waals surface area contributed by atoms with Crippen LogP contribution in [0.25, 0.3) is 17.0 Å². The summed E-state index contributed by atoms with van der Waals surface area (Å²) in [5.41, 5.74) is 2.67. The Balaban J connectivity index is 1.77. The first-order valence-electron chi connectivity index (χ1n) is 10.8.